The lowest BCUT2D eigenvalue weighted by atomic mass is 10.2. The molecule has 7 heteroatoms. The van der Waals surface area contributed by atoms with Crippen molar-refractivity contribution in [3.8, 4) is 17.5 Å². The lowest BCUT2D eigenvalue weighted by Gasteiger charge is -2.13. The van der Waals surface area contributed by atoms with E-state index in [1.807, 2.05) is 37.2 Å². The molecule has 0 saturated heterocycles. The van der Waals surface area contributed by atoms with Gasteiger partial charge in [0.05, 0.1) is 18.4 Å². The Kier molecular flexibility index (Phi) is 5.45. The monoisotopic (exact) mass is 328 g/mol. The maximum atomic E-state index is 12.0. The molecule has 0 aliphatic rings. The van der Waals surface area contributed by atoms with Gasteiger partial charge in [0.25, 0.3) is 0 Å². The van der Waals surface area contributed by atoms with Gasteiger partial charge in [0.15, 0.2) is 5.69 Å². The fraction of sp³-hybridized carbons (Fsp3) is 0.294. The summed E-state index contributed by atoms with van der Waals surface area (Å²) >= 11 is 0. The zero-order valence-electron chi connectivity index (χ0n) is 13.9. The first kappa shape index (κ1) is 17.4. The van der Waals surface area contributed by atoms with Crippen LogP contribution in [-0.2, 0) is 4.74 Å². The van der Waals surface area contributed by atoms with E-state index in [1.54, 1.807) is 16.7 Å². The van der Waals surface area contributed by atoms with Crippen molar-refractivity contribution in [1.29, 1.82) is 5.26 Å². The number of carbonyl (C=O) groups excluding carboxylic acids is 1. The van der Waals surface area contributed by atoms with Crippen molar-refractivity contribution in [2.45, 2.75) is 0 Å². The second kappa shape index (κ2) is 7.53. The molecule has 24 heavy (non-hydrogen) atoms. The van der Waals surface area contributed by atoms with Crippen LogP contribution in [0.2, 0.25) is 0 Å². The van der Waals surface area contributed by atoms with Gasteiger partial charge < -0.3 is 24.7 Å². The fourth-order valence-electron chi connectivity index (χ4n) is 2.19. The molecule has 0 fully saturated rings. The molecule has 126 valence electrons. The van der Waals surface area contributed by atoms with Crippen molar-refractivity contribution >= 4 is 11.7 Å². The maximum Gasteiger partial charge on any atom is 0.357 e. The number of aromatic nitrogens is 1. The van der Waals surface area contributed by atoms with Crippen molar-refractivity contribution in [3.05, 3.63) is 41.7 Å². The quantitative estimate of drug-likeness (QED) is 0.811. The number of rotatable bonds is 6. The van der Waals surface area contributed by atoms with E-state index in [1.165, 1.54) is 13.3 Å². The van der Waals surface area contributed by atoms with Crippen molar-refractivity contribution < 1.29 is 14.3 Å². The molecule has 2 N–H and O–H groups in total. The summed E-state index contributed by atoms with van der Waals surface area (Å²) in [6, 6.07) is 9.19. The summed E-state index contributed by atoms with van der Waals surface area (Å²) in [5, 5.41) is 9.16. The maximum absolute atomic E-state index is 12.0. The molecule has 0 atom stereocenters. The van der Waals surface area contributed by atoms with Crippen LogP contribution >= 0.6 is 0 Å². The molecule has 0 amide bonds. The number of nitrogens with two attached hydrogens (primary N) is 1. The van der Waals surface area contributed by atoms with Crippen LogP contribution < -0.4 is 10.5 Å². The number of likely N-dealkylation sites (N-methyl/N-ethyl adjacent to an activating group) is 1. The van der Waals surface area contributed by atoms with Crippen molar-refractivity contribution in [1.82, 2.24) is 9.47 Å². The van der Waals surface area contributed by atoms with E-state index in [0.29, 0.717) is 18.0 Å². The molecule has 1 aromatic heterocycles. The van der Waals surface area contributed by atoms with E-state index in [0.717, 1.165) is 6.54 Å². The Morgan fingerprint density at radius 1 is 1.42 bits per heavy atom. The van der Waals surface area contributed by atoms with Crippen LogP contribution in [0.15, 0.2) is 30.5 Å². The van der Waals surface area contributed by atoms with Gasteiger partial charge in [-0.15, -0.1) is 0 Å². The van der Waals surface area contributed by atoms with E-state index in [9.17, 15) is 4.79 Å². The molecular weight excluding hydrogens is 308 g/mol. The molecule has 0 unspecified atom stereocenters. The smallest absolute Gasteiger partial charge is 0.357 e. The Bertz CT molecular complexity index is 775. The average Bonchev–Trinajstić information content (AvgIpc) is 2.90. The number of methoxy groups -OCH3 is 1. The average molecular weight is 328 g/mol. The second-order valence-corrected chi connectivity index (χ2v) is 5.43. The minimum absolute atomic E-state index is 0.100. The SMILES string of the molecule is COC(=O)c1c(N)c(C#N)cn1-c1cccc(OCCN(C)C)c1. The molecular formula is C17H20N4O3. The number of nitrogen functional groups attached to an aromatic ring is 1. The Morgan fingerprint density at radius 2 is 2.17 bits per heavy atom. The number of benzene rings is 1. The first-order chi connectivity index (χ1) is 11.5. The molecule has 0 spiro atoms. The summed E-state index contributed by atoms with van der Waals surface area (Å²) in [5.41, 5.74) is 7.00. The number of esters is 1. The molecule has 2 rings (SSSR count). The molecule has 2 aromatic rings. The lowest BCUT2D eigenvalue weighted by molar-refractivity contribution is 0.0593. The summed E-state index contributed by atoms with van der Waals surface area (Å²) in [4.78, 5) is 14.0. The topological polar surface area (TPSA) is 93.5 Å². The van der Waals surface area contributed by atoms with Crippen LogP contribution in [0.25, 0.3) is 5.69 Å². The third-order valence-corrected chi connectivity index (χ3v) is 3.45. The number of nitriles is 1. The third-order valence-electron chi connectivity index (χ3n) is 3.45. The van der Waals surface area contributed by atoms with E-state index < -0.39 is 5.97 Å². The lowest BCUT2D eigenvalue weighted by Crippen LogP contribution is -2.19. The molecule has 1 heterocycles. The largest absolute Gasteiger partial charge is 0.492 e. The summed E-state index contributed by atoms with van der Waals surface area (Å²) < 4.78 is 12.0. The number of hydrogen-bond acceptors (Lipinski definition) is 6. The minimum Gasteiger partial charge on any atom is -0.492 e. The van der Waals surface area contributed by atoms with Crippen molar-refractivity contribution in [2.75, 3.05) is 40.1 Å². The van der Waals surface area contributed by atoms with Gasteiger partial charge in [-0.25, -0.2) is 4.79 Å². The predicted octanol–water partition coefficient (Wildman–Crippen LogP) is 1.66. The van der Waals surface area contributed by atoms with Crippen molar-refractivity contribution in [2.24, 2.45) is 0 Å². The first-order valence-electron chi connectivity index (χ1n) is 7.35. The normalized spacial score (nSPS) is 10.5. The Labute approximate surface area is 140 Å². The van der Waals surface area contributed by atoms with E-state index in [-0.39, 0.29) is 16.9 Å². The van der Waals surface area contributed by atoms with Gasteiger partial charge in [-0.2, -0.15) is 5.26 Å². The molecule has 0 aliphatic heterocycles. The molecule has 0 aliphatic carbocycles. The molecule has 0 radical (unpaired) electrons. The van der Waals surface area contributed by atoms with Gasteiger partial charge in [-0.3, -0.25) is 0 Å². The molecule has 0 bridgehead atoms. The second-order valence-electron chi connectivity index (χ2n) is 5.43. The van der Waals surface area contributed by atoms with Gasteiger partial charge >= 0.3 is 5.97 Å². The van der Waals surface area contributed by atoms with Gasteiger partial charge in [0.2, 0.25) is 0 Å². The van der Waals surface area contributed by atoms with Crippen LogP contribution in [0.1, 0.15) is 16.1 Å². The van der Waals surface area contributed by atoms with Crippen LogP contribution in [-0.4, -0.2) is 49.8 Å². The molecule has 1 aromatic carbocycles. The molecule has 0 saturated carbocycles. The summed E-state index contributed by atoms with van der Waals surface area (Å²) in [5.74, 6) is 0.0591. The number of anilines is 1. The van der Waals surface area contributed by atoms with Gasteiger partial charge in [-0.1, -0.05) is 6.07 Å². The standard InChI is InChI=1S/C17H20N4O3/c1-20(2)7-8-24-14-6-4-5-13(9-14)21-11-12(10-18)15(19)16(21)17(22)23-3/h4-6,9,11H,7-8,19H2,1-3H3. The Morgan fingerprint density at radius 3 is 2.79 bits per heavy atom. The van der Waals surface area contributed by atoms with Crippen LogP contribution in [0.5, 0.6) is 5.75 Å². The highest BCUT2D eigenvalue weighted by atomic mass is 16.5. The predicted molar refractivity (Wildman–Crippen MR) is 90.3 cm³/mol. The number of nitrogens with zero attached hydrogens (tertiary/aromatic N) is 3. The zero-order chi connectivity index (χ0) is 17.7. The van der Waals surface area contributed by atoms with Crippen LogP contribution in [0.3, 0.4) is 0 Å². The van der Waals surface area contributed by atoms with E-state index in [4.69, 9.17) is 20.5 Å². The molecule has 7 nitrogen and oxygen atoms in total. The van der Waals surface area contributed by atoms with E-state index >= 15 is 0 Å². The van der Waals surface area contributed by atoms with Gasteiger partial charge in [-0.05, 0) is 26.2 Å². The zero-order valence-corrected chi connectivity index (χ0v) is 13.9. The van der Waals surface area contributed by atoms with Crippen LogP contribution in [0.4, 0.5) is 5.69 Å². The number of carbonyl (C=O) groups is 1. The summed E-state index contributed by atoms with van der Waals surface area (Å²) in [7, 11) is 5.20. The number of ether oxygens (including phenoxy) is 2. The first-order valence-corrected chi connectivity index (χ1v) is 7.35. The number of hydrogen-bond donors (Lipinski definition) is 1. The van der Waals surface area contributed by atoms with Gasteiger partial charge in [0.1, 0.15) is 18.4 Å². The fourth-order valence-corrected chi connectivity index (χ4v) is 2.19. The van der Waals surface area contributed by atoms with E-state index in [2.05, 4.69) is 0 Å². The highest BCUT2D eigenvalue weighted by molar-refractivity contribution is 5.95. The highest BCUT2D eigenvalue weighted by Gasteiger charge is 2.21. The van der Waals surface area contributed by atoms with Gasteiger partial charge in [0, 0.05) is 24.5 Å². The summed E-state index contributed by atoms with van der Waals surface area (Å²) in [6.07, 6.45) is 1.51. The summed E-state index contributed by atoms with van der Waals surface area (Å²) in [6.45, 7) is 1.32. The Balaban J connectivity index is 2.38. The highest BCUT2D eigenvalue weighted by Crippen LogP contribution is 2.26. The Hall–Kier alpha value is -2.98. The van der Waals surface area contributed by atoms with Crippen molar-refractivity contribution in [3.63, 3.8) is 0 Å². The third kappa shape index (κ3) is 3.67. The van der Waals surface area contributed by atoms with Crippen LogP contribution in [0, 0.1) is 11.3 Å². The minimum atomic E-state index is -0.604.